The second-order valence-electron chi connectivity index (χ2n) is 3.92. The van der Waals surface area contributed by atoms with Crippen molar-refractivity contribution in [3.63, 3.8) is 0 Å². The normalized spacial score (nSPS) is 17.1. The van der Waals surface area contributed by atoms with Crippen molar-refractivity contribution in [2.45, 2.75) is 32.4 Å². The van der Waals surface area contributed by atoms with E-state index in [-0.39, 0.29) is 11.9 Å². The first-order chi connectivity index (χ1) is 6.47. The molecule has 14 heavy (non-hydrogen) atoms. The van der Waals surface area contributed by atoms with Crippen LogP contribution in [0.2, 0.25) is 0 Å². The van der Waals surface area contributed by atoms with E-state index in [0.717, 1.165) is 6.54 Å². The van der Waals surface area contributed by atoms with E-state index in [1.165, 1.54) is 0 Å². The average molecular weight is 202 g/mol. The van der Waals surface area contributed by atoms with Crippen LogP contribution < -0.4 is 11.1 Å². The molecule has 0 radical (unpaired) electrons. The van der Waals surface area contributed by atoms with E-state index in [9.17, 15) is 0 Å². The van der Waals surface area contributed by atoms with Crippen LogP contribution >= 0.6 is 0 Å². The van der Waals surface area contributed by atoms with Gasteiger partial charge in [-0.2, -0.15) is 0 Å². The molecule has 5 nitrogen and oxygen atoms in total. The van der Waals surface area contributed by atoms with Crippen LogP contribution in [0.15, 0.2) is 5.16 Å². The minimum Gasteiger partial charge on any atom is -0.409 e. The van der Waals surface area contributed by atoms with Crippen LogP contribution in [0.4, 0.5) is 0 Å². The molecule has 2 atom stereocenters. The topological polar surface area (TPSA) is 73.9 Å². The summed E-state index contributed by atoms with van der Waals surface area (Å²) in [4.78, 5) is 2.14. The number of oxime groups is 1. The van der Waals surface area contributed by atoms with Crippen molar-refractivity contribution in [1.29, 1.82) is 0 Å². The Kier molecular flexibility index (Phi) is 6.23. The lowest BCUT2D eigenvalue weighted by atomic mass is 10.2. The highest BCUT2D eigenvalue weighted by molar-refractivity contribution is 5.80. The molecule has 4 N–H and O–H groups in total. The Morgan fingerprint density at radius 2 is 2.07 bits per heavy atom. The van der Waals surface area contributed by atoms with E-state index in [2.05, 4.69) is 22.3 Å². The van der Waals surface area contributed by atoms with E-state index in [4.69, 9.17) is 10.9 Å². The predicted molar refractivity (Wildman–Crippen MR) is 58.6 cm³/mol. The molecule has 0 aromatic heterocycles. The van der Waals surface area contributed by atoms with Crippen LogP contribution in [-0.4, -0.2) is 48.7 Å². The first-order valence-electron chi connectivity index (χ1n) is 4.83. The summed E-state index contributed by atoms with van der Waals surface area (Å²) in [7, 11) is 4.08. The molecular weight excluding hydrogens is 180 g/mol. The Balaban J connectivity index is 3.69. The molecule has 0 spiro atoms. The zero-order chi connectivity index (χ0) is 11.1. The SMILES string of the molecule is CC(CC(N)=NO)NCC(C)N(C)C. The van der Waals surface area contributed by atoms with Crippen molar-refractivity contribution in [2.75, 3.05) is 20.6 Å². The van der Waals surface area contributed by atoms with Gasteiger partial charge in [-0.05, 0) is 27.9 Å². The minimum atomic E-state index is 0.230. The zero-order valence-electron chi connectivity index (χ0n) is 9.49. The van der Waals surface area contributed by atoms with Gasteiger partial charge >= 0.3 is 0 Å². The van der Waals surface area contributed by atoms with Gasteiger partial charge in [0.15, 0.2) is 0 Å². The molecule has 5 heteroatoms. The van der Waals surface area contributed by atoms with Crippen molar-refractivity contribution in [3.05, 3.63) is 0 Å². The largest absolute Gasteiger partial charge is 0.409 e. The molecule has 0 aromatic carbocycles. The van der Waals surface area contributed by atoms with Crippen LogP contribution in [0.3, 0.4) is 0 Å². The summed E-state index contributed by atoms with van der Waals surface area (Å²) < 4.78 is 0. The van der Waals surface area contributed by atoms with E-state index >= 15 is 0 Å². The van der Waals surface area contributed by atoms with Gasteiger partial charge < -0.3 is 21.2 Å². The number of nitrogens with one attached hydrogen (secondary N) is 1. The van der Waals surface area contributed by atoms with Gasteiger partial charge in [0.2, 0.25) is 0 Å². The fourth-order valence-electron chi connectivity index (χ4n) is 0.981. The van der Waals surface area contributed by atoms with Gasteiger partial charge in [0.1, 0.15) is 5.84 Å². The van der Waals surface area contributed by atoms with Gasteiger partial charge in [-0.3, -0.25) is 0 Å². The van der Waals surface area contributed by atoms with Crippen LogP contribution in [0, 0.1) is 0 Å². The first kappa shape index (κ1) is 13.2. The second kappa shape index (κ2) is 6.62. The molecule has 84 valence electrons. The van der Waals surface area contributed by atoms with Crippen molar-refractivity contribution in [1.82, 2.24) is 10.2 Å². The van der Waals surface area contributed by atoms with Crippen LogP contribution in [0.25, 0.3) is 0 Å². The monoisotopic (exact) mass is 202 g/mol. The molecule has 0 saturated carbocycles. The number of rotatable bonds is 6. The first-order valence-corrected chi connectivity index (χ1v) is 4.83. The van der Waals surface area contributed by atoms with Gasteiger partial charge in [0.05, 0.1) is 0 Å². The summed E-state index contributed by atoms with van der Waals surface area (Å²) >= 11 is 0. The second-order valence-corrected chi connectivity index (χ2v) is 3.92. The summed E-state index contributed by atoms with van der Waals surface area (Å²) in [6, 6.07) is 0.707. The quantitative estimate of drug-likeness (QED) is 0.246. The maximum atomic E-state index is 8.38. The van der Waals surface area contributed by atoms with Gasteiger partial charge in [-0.25, -0.2) is 0 Å². The minimum absolute atomic E-state index is 0.230. The standard InChI is InChI=1S/C9H22N4O/c1-7(5-9(10)12-14)11-6-8(2)13(3)4/h7-8,11,14H,5-6H2,1-4H3,(H2,10,12). The van der Waals surface area contributed by atoms with Crippen molar-refractivity contribution in [2.24, 2.45) is 10.9 Å². The number of amidine groups is 1. The molecule has 0 heterocycles. The Bertz CT molecular complexity index is 182. The van der Waals surface area contributed by atoms with Crippen LogP contribution in [-0.2, 0) is 0 Å². The Hall–Kier alpha value is -0.810. The smallest absolute Gasteiger partial charge is 0.140 e. The fourth-order valence-corrected chi connectivity index (χ4v) is 0.981. The summed E-state index contributed by atoms with van der Waals surface area (Å²) in [5.74, 6) is 0.266. The molecule has 0 aromatic rings. The van der Waals surface area contributed by atoms with Gasteiger partial charge in [-0.1, -0.05) is 5.16 Å². The summed E-state index contributed by atoms with van der Waals surface area (Å²) in [6.07, 6.45) is 0.566. The third kappa shape index (κ3) is 5.77. The van der Waals surface area contributed by atoms with Crippen LogP contribution in [0.1, 0.15) is 20.3 Å². The number of hydrogen-bond donors (Lipinski definition) is 3. The van der Waals surface area contributed by atoms with Crippen molar-refractivity contribution < 1.29 is 5.21 Å². The molecule has 0 aliphatic carbocycles. The Labute approximate surface area is 86.0 Å². The molecule has 0 aliphatic rings. The third-order valence-electron chi connectivity index (χ3n) is 2.29. The maximum Gasteiger partial charge on any atom is 0.140 e. The number of hydrogen-bond acceptors (Lipinski definition) is 4. The maximum absolute atomic E-state index is 8.38. The summed E-state index contributed by atoms with van der Waals surface area (Å²) in [5.41, 5.74) is 5.39. The fraction of sp³-hybridized carbons (Fsp3) is 0.889. The molecule has 0 rings (SSSR count). The lowest BCUT2D eigenvalue weighted by molar-refractivity contribution is 0.294. The van der Waals surface area contributed by atoms with E-state index in [0.29, 0.717) is 12.5 Å². The predicted octanol–water partition coefficient (Wildman–Crippen LogP) is 0.0511. The van der Waals surface area contributed by atoms with E-state index < -0.39 is 0 Å². The highest BCUT2D eigenvalue weighted by Gasteiger charge is 2.08. The molecule has 0 saturated heterocycles. The van der Waals surface area contributed by atoms with Gasteiger partial charge in [0, 0.05) is 25.0 Å². The Morgan fingerprint density at radius 3 is 2.50 bits per heavy atom. The molecule has 2 unspecified atom stereocenters. The molecular formula is C9H22N4O. The van der Waals surface area contributed by atoms with Crippen molar-refractivity contribution in [3.8, 4) is 0 Å². The zero-order valence-corrected chi connectivity index (χ0v) is 9.49. The van der Waals surface area contributed by atoms with E-state index in [1.807, 2.05) is 21.0 Å². The van der Waals surface area contributed by atoms with Gasteiger partial charge in [0.25, 0.3) is 0 Å². The molecule has 0 bridgehead atoms. The lowest BCUT2D eigenvalue weighted by Gasteiger charge is -2.22. The highest BCUT2D eigenvalue weighted by atomic mass is 16.4. The highest BCUT2D eigenvalue weighted by Crippen LogP contribution is 1.93. The summed E-state index contributed by atoms with van der Waals surface area (Å²) in [5, 5.41) is 14.6. The molecule has 0 amide bonds. The Morgan fingerprint density at radius 1 is 1.50 bits per heavy atom. The van der Waals surface area contributed by atoms with Crippen LogP contribution in [0.5, 0.6) is 0 Å². The van der Waals surface area contributed by atoms with E-state index in [1.54, 1.807) is 0 Å². The number of nitrogens with two attached hydrogens (primary N) is 1. The third-order valence-corrected chi connectivity index (χ3v) is 2.29. The lowest BCUT2D eigenvalue weighted by Crippen LogP contribution is -2.40. The number of nitrogens with zero attached hydrogens (tertiary/aromatic N) is 2. The summed E-state index contributed by atoms with van der Waals surface area (Å²) in [6.45, 7) is 5.05. The molecule has 0 fully saturated rings. The number of likely N-dealkylation sites (N-methyl/N-ethyl adjacent to an activating group) is 1. The molecule has 0 aliphatic heterocycles. The van der Waals surface area contributed by atoms with Gasteiger partial charge in [-0.15, -0.1) is 0 Å². The van der Waals surface area contributed by atoms with Crippen molar-refractivity contribution >= 4 is 5.84 Å². The average Bonchev–Trinajstić information content (AvgIpc) is 2.13.